The summed E-state index contributed by atoms with van der Waals surface area (Å²) in [5.41, 5.74) is 0.204. The number of nitrogens with one attached hydrogen (secondary N) is 2. The van der Waals surface area contributed by atoms with Gasteiger partial charge in [-0.25, -0.2) is 0 Å². The van der Waals surface area contributed by atoms with Crippen molar-refractivity contribution in [3.8, 4) is 0 Å². The molecule has 0 aliphatic carbocycles. The zero-order valence-electron chi connectivity index (χ0n) is 10.9. The molecule has 0 spiro atoms. The highest BCUT2D eigenvalue weighted by atomic mass is 16.5. The fraction of sp³-hybridized carbons (Fsp3) is 0.923. The summed E-state index contributed by atoms with van der Waals surface area (Å²) >= 11 is 0. The highest BCUT2D eigenvalue weighted by Crippen LogP contribution is 2.25. The van der Waals surface area contributed by atoms with Crippen LogP contribution in [0.3, 0.4) is 0 Å². The molecule has 0 aromatic rings. The van der Waals surface area contributed by atoms with Crippen molar-refractivity contribution >= 4 is 5.91 Å². The second-order valence-corrected chi connectivity index (χ2v) is 5.87. The zero-order valence-corrected chi connectivity index (χ0v) is 10.9. The van der Waals surface area contributed by atoms with Crippen LogP contribution in [0.1, 0.15) is 33.1 Å². The van der Waals surface area contributed by atoms with Gasteiger partial charge in [-0.2, -0.15) is 0 Å². The molecule has 0 bridgehead atoms. The van der Waals surface area contributed by atoms with Crippen LogP contribution >= 0.6 is 0 Å². The van der Waals surface area contributed by atoms with E-state index in [-0.39, 0.29) is 17.4 Å². The molecular weight excluding hydrogens is 216 g/mol. The third kappa shape index (κ3) is 3.19. The SMILES string of the molecule is CC1CCOC1C(=O)NCC1(C)CCCNC1. The largest absolute Gasteiger partial charge is 0.368 e. The van der Waals surface area contributed by atoms with E-state index in [1.165, 1.54) is 12.8 Å². The summed E-state index contributed by atoms with van der Waals surface area (Å²) in [6.45, 7) is 7.89. The molecule has 0 radical (unpaired) electrons. The smallest absolute Gasteiger partial charge is 0.249 e. The van der Waals surface area contributed by atoms with Gasteiger partial charge >= 0.3 is 0 Å². The Hall–Kier alpha value is -0.610. The Morgan fingerprint density at radius 3 is 3.00 bits per heavy atom. The Balaban J connectivity index is 1.79. The summed E-state index contributed by atoms with van der Waals surface area (Å²) in [5, 5.41) is 6.46. The molecule has 1 amide bonds. The predicted octanol–water partition coefficient (Wildman–Crippen LogP) is 0.917. The van der Waals surface area contributed by atoms with E-state index in [1.54, 1.807) is 0 Å². The van der Waals surface area contributed by atoms with E-state index in [2.05, 4.69) is 24.5 Å². The van der Waals surface area contributed by atoms with E-state index >= 15 is 0 Å². The molecule has 2 heterocycles. The van der Waals surface area contributed by atoms with Gasteiger partial charge in [0, 0.05) is 19.7 Å². The molecule has 2 aliphatic heterocycles. The van der Waals surface area contributed by atoms with E-state index in [9.17, 15) is 4.79 Å². The standard InChI is InChI=1S/C13H24N2O2/c1-10-4-7-17-11(10)12(16)15-9-13(2)5-3-6-14-8-13/h10-11,14H,3-9H2,1-2H3,(H,15,16). The number of amides is 1. The van der Waals surface area contributed by atoms with Crippen molar-refractivity contribution in [2.75, 3.05) is 26.2 Å². The lowest BCUT2D eigenvalue weighted by Gasteiger charge is -2.34. The lowest BCUT2D eigenvalue weighted by molar-refractivity contribution is -0.132. The Labute approximate surface area is 103 Å². The van der Waals surface area contributed by atoms with E-state index in [4.69, 9.17) is 4.74 Å². The van der Waals surface area contributed by atoms with Gasteiger partial charge < -0.3 is 15.4 Å². The van der Waals surface area contributed by atoms with Gasteiger partial charge in [-0.05, 0) is 37.1 Å². The fourth-order valence-corrected chi connectivity index (χ4v) is 2.70. The van der Waals surface area contributed by atoms with E-state index in [0.717, 1.165) is 32.7 Å². The van der Waals surface area contributed by atoms with Gasteiger partial charge in [0.1, 0.15) is 6.10 Å². The van der Waals surface area contributed by atoms with Crippen LogP contribution in [0.4, 0.5) is 0 Å². The lowest BCUT2D eigenvalue weighted by atomic mass is 9.82. The second kappa shape index (κ2) is 5.36. The molecule has 2 N–H and O–H groups in total. The average molecular weight is 240 g/mol. The molecule has 4 heteroatoms. The Bertz CT molecular complexity index is 275. The Morgan fingerprint density at radius 2 is 2.41 bits per heavy atom. The molecular formula is C13H24N2O2. The van der Waals surface area contributed by atoms with E-state index in [0.29, 0.717) is 5.92 Å². The zero-order chi connectivity index (χ0) is 12.3. The quantitative estimate of drug-likeness (QED) is 0.771. The minimum Gasteiger partial charge on any atom is -0.368 e. The maximum Gasteiger partial charge on any atom is 0.249 e. The average Bonchev–Trinajstić information content (AvgIpc) is 2.74. The van der Waals surface area contributed by atoms with Crippen molar-refractivity contribution in [2.24, 2.45) is 11.3 Å². The van der Waals surface area contributed by atoms with Crippen molar-refractivity contribution in [1.29, 1.82) is 0 Å². The van der Waals surface area contributed by atoms with Crippen molar-refractivity contribution in [3.63, 3.8) is 0 Å². The summed E-state index contributed by atoms with van der Waals surface area (Å²) in [5.74, 6) is 0.425. The summed E-state index contributed by atoms with van der Waals surface area (Å²) in [6.07, 6.45) is 3.15. The van der Waals surface area contributed by atoms with Crippen LogP contribution in [0.2, 0.25) is 0 Å². The molecule has 2 rings (SSSR count). The maximum atomic E-state index is 12.0. The Morgan fingerprint density at radius 1 is 1.59 bits per heavy atom. The molecule has 0 aromatic heterocycles. The van der Waals surface area contributed by atoms with Crippen molar-refractivity contribution in [1.82, 2.24) is 10.6 Å². The van der Waals surface area contributed by atoms with Crippen molar-refractivity contribution in [2.45, 2.75) is 39.2 Å². The summed E-state index contributed by atoms with van der Waals surface area (Å²) < 4.78 is 5.47. The molecule has 98 valence electrons. The normalized spacial score (nSPS) is 38.0. The first kappa shape index (κ1) is 12.8. The molecule has 2 fully saturated rings. The second-order valence-electron chi connectivity index (χ2n) is 5.87. The van der Waals surface area contributed by atoms with Crippen LogP contribution in [0.15, 0.2) is 0 Å². The van der Waals surface area contributed by atoms with Gasteiger partial charge in [0.2, 0.25) is 5.91 Å². The lowest BCUT2D eigenvalue weighted by Crippen LogP contribution is -2.48. The van der Waals surface area contributed by atoms with Crippen LogP contribution in [0.5, 0.6) is 0 Å². The van der Waals surface area contributed by atoms with Crippen molar-refractivity contribution in [3.05, 3.63) is 0 Å². The number of hydrogen-bond donors (Lipinski definition) is 2. The first-order valence-corrected chi connectivity index (χ1v) is 6.71. The molecule has 0 saturated carbocycles. The van der Waals surface area contributed by atoms with Gasteiger partial charge in [-0.3, -0.25) is 4.79 Å². The number of hydrogen-bond acceptors (Lipinski definition) is 3. The van der Waals surface area contributed by atoms with Gasteiger partial charge in [-0.15, -0.1) is 0 Å². The van der Waals surface area contributed by atoms with Gasteiger partial charge in [0.15, 0.2) is 0 Å². The number of ether oxygens (including phenoxy) is 1. The summed E-state index contributed by atoms with van der Waals surface area (Å²) in [4.78, 5) is 12.0. The number of carbonyl (C=O) groups is 1. The first-order chi connectivity index (χ1) is 8.11. The summed E-state index contributed by atoms with van der Waals surface area (Å²) in [6, 6.07) is 0. The number of rotatable bonds is 3. The van der Waals surface area contributed by atoms with E-state index in [1.807, 2.05) is 0 Å². The van der Waals surface area contributed by atoms with E-state index < -0.39 is 0 Å². The van der Waals surface area contributed by atoms with Gasteiger partial charge in [0.05, 0.1) is 0 Å². The molecule has 2 saturated heterocycles. The van der Waals surface area contributed by atoms with Crippen LogP contribution in [-0.4, -0.2) is 38.3 Å². The third-order valence-electron chi connectivity index (χ3n) is 4.02. The van der Waals surface area contributed by atoms with Gasteiger partial charge in [0.25, 0.3) is 0 Å². The first-order valence-electron chi connectivity index (χ1n) is 6.71. The maximum absolute atomic E-state index is 12.0. The topological polar surface area (TPSA) is 50.4 Å². The highest BCUT2D eigenvalue weighted by molar-refractivity contribution is 5.81. The predicted molar refractivity (Wildman–Crippen MR) is 66.7 cm³/mol. The van der Waals surface area contributed by atoms with Gasteiger partial charge in [-0.1, -0.05) is 13.8 Å². The van der Waals surface area contributed by atoms with Crippen LogP contribution < -0.4 is 10.6 Å². The fourth-order valence-electron chi connectivity index (χ4n) is 2.70. The third-order valence-corrected chi connectivity index (χ3v) is 4.02. The Kier molecular flexibility index (Phi) is 4.05. The van der Waals surface area contributed by atoms with Crippen molar-refractivity contribution < 1.29 is 9.53 Å². The summed E-state index contributed by atoms with van der Waals surface area (Å²) in [7, 11) is 0. The molecule has 0 aromatic carbocycles. The molecule has 17 heavy (non-hydrogen) atoms. The minimum absolute atomic E-state index is 0.0711. The number of carbonyl (C=O) groups excluding carboxylic acids is 1. The van der Waals surface area contributed by atoms with Crippen LogP contribution in [-0.2, 0) is 9.53 Å². The molecule has 3 unspecified atom stereocenters. The van der Waals surface area contributed by atoms with Crippen LogP contribution in [0.25, 0.3) is 0 Å². The number of piperidine rings is 1. The molecule has 2 aliphatic rings. The monoisotopic (exact) mass is 240 g/mol. The molecule has 4 nitrogen and oxygen atoms in total. The van der Waals surface area contributed by atoms with Crippen LogP contribution in [0, 0.1) is 11.3 Å². The highest BCUT2D eigenvalue weighted by Gasteiger charge is 2.33. The minimum atomic E-state index is -0.227. The molecule has 3 atom stereocenters.